The van der Waals surface area contributed by atoms with Gasteiger partial charge in [0.1, 0.15) is 12.1 Å². The molecule has 0 bridgehead atoms. The summed E-state index contributed by atoms with van der Waals surface area (Å²) >= 11 is 12.7. The van der Waals surface area contributed by atoms with Crippen LogP contribution in [0.2, 0.25) is 10.0 Å². The number of rotatable bonds is 12. The average molecular weight is 551 g/mol. The van der Waals surface area contributed by atoms with Gasteiger partial charge < -0.3 is 19.9 Å². The molecule has 1 aromatic heterocycles. The molecule has 4 rings (SSSR count). The number of hydrogen-bond acceptors (Lipinski definition) is 6. The van der Waals surface area contributed by atoms with Crippen molar-refractivity contribution >= 4 is 29.2 Å². The van der Waals surface area contributed by atoms with Crippen LogP contribution in [0.4, 0.5) is 8.78 Å². The van der Waals surface area contributed by atoms with Crippen LogP contribution in [0, 0.1) is 5.92 Å². The molecule has 0 spiro atoms. The van der Waals surface area contributed by atoms with Crippen molar-refractivity contribution in [3.8, 4) is 11.5 Å². The highest BCUT2D eigenvalue weighted by Gasteiger charge is 2.27. The van der Waals surface area contributed by atoms with Gasteiger partial charge in [0.05, 0.1) is 16.7 Å². The third kappa shape index (κ3) is 7.77. The first kappa shape index (κ1) is 27.1. The van der Waals surface area contributed by atoms with Crippen LogP contribution in [-0.2, 0) is 22.4 Å². The van der Waals surface area contributed by atoms with Crippen LogP contribution in [0.5, 0.6) is 11.5 Å². The lowest BCUT2D eigenvalue weighted by Gasteiger charge is -2.23. The van der Waals surface area contributed by atoms with Crippen molar-refractivity contribution in [2.45, 2.75) is 44.4 Å². The topological polar surface area (TPSA) is 83.7 Å². The fourth-order valence-corrected chi connectivity index (χ4v) is 4.27. The normalized spacial score (nSPS) is 14.8. The minimum absolute atomic E-state index is 0.0983. The Kier molecular flexibility index (Phi) is 9.18. The lowest BCUT2D eigenvalue weighted by Crippen LogP contribution is -2.35. The van der Waals surface area contributed by atoms with E-state index in [9.17, 15) is 13.6 Å². The molecule has 0 amide bonds. The summed E-state index contributed by atoms with van der Waals surface area (Å²) in [5.41, 5.74) is 8.04. The molecule has 1 saturated carbocycles. The summed E-state index contributed by atoms with van der Waals surface area (Å²) in [5, 5.41) is 0.593. The van der Waals surface area contributed by atoms with E-state index in [1.165, 1.54) is 30.6 Å². The monoisotopic (exact) mass is 550 g/mol. The Hall–Kier alpha value is -2.94. The smallest absolute Gasteiger partial charge is 0.387 e. The summed E-state index contributed by atoms with van der Waals surface area (Å²) in [6.45, 7) is -2.65. The largest absolute Gasteiger partial charge is 0.489 e. The third-order valence-electron chi connectivity index (χ3n) is 5.93. The van der Waals surface area contributed by atoms with E-state index in [-0.39, 0.29) is 24.3 Å². The van der Waals surface area contributed by atoms with Crippen molar-refractivity contribution in [2.24, 2.45) is 11.7 Å². The summed E-state index contributed by atoms with van der Waals surface area (Å²) < 4.78 is 42.3. The van der Waals surface area contributed by atoms with Crippen LogP contribution in [0.25, 0.3) is 0 Å². The van der Waals surface area contributed by atoms with E-state index in [0.717, 1.165) is 18.4 Å². The van der Waals surface area contributed by atoms with Crippen LogP contribution >= 0.6 is 23.2 Å². The predicted octanol–water partition coefficient (Wildman–Crippen LogP) is 6.18. The molecule has 0 saturated heterocycles. The highest BCUT2D eigenvalue weighted by molar-refractivity contribution is 6.35. The molecule has 10 heteroatoms. The number of carbonyl (C=O) groups excluding carboxylic acids is 1. The number of pyridine rings is 1. The maximum atomic E-state index is 13.0. The number of ether oxygens (including phenoxy) is 3. The molecule has 1 aliphatic carbocycles. The quantitative estimate of drug-likeness (QED) is 0.271. The van der Waals surface area contributed by atoms with Crippen molar-refractivity contribution < 1.29 is 27.8 Å². The molecule has 0 aliphatic heterocycles. The second-order valence-corrected chi connectivity index (χ2v) is 9.66. The summed E-state index contributed by atoms with van der Waals surface area (Å²) in [6.07, 6.45) is 4.39. The van der Waals surface area contributed by atoms with Crippen LogP contribution in [-0.4, -0.2) is 30.2 Å². The predicted molar refractivity (Wildman–Crippen MR) is 136 cm³/mol. The maximum Gasteiger partial charge on any atom is 0.387 e. The fourth-order valence-electron chi connectivity index (χ4n) is 3.75. The van der Waals surface area contributed by atoms with Crippen LogP contribution in [0.15, 0.2) is 60.9 Å². The van der Waals surface area contributed by atoms with Crippen LogP contribution < -0.4 is 15.2 Å². The molecule has 1 heterocycles. The molecule has 2 atom stereocenters. The van der Waals surface area contributed by atoms with Gasteiger partial charge in [0.2, 0.25) is 0 Å². The minimum atomic E-state index is -3.02. The first-order chi connectivity index (χ1) is 17.8. The number of nitrogens with zero attached hydrogens (tertiary/aromatic N) is 1. The van der Waals surface area contributed by atoms with Crippen molar-refractivity contribution in [1.29, 1.82) is 0 Å². The van der Waals surface area contributed by atoms with Gasteiger partial charge in [-0.3, -0.25) is 9.78 Å². The van der Waals surface area contributed by atoms with Gasteiger partial charge in [0.15, 0.2) is 11.5 Å². The molecular weight excluding hydrogens is 525 g/mol. The molecule has 3 aromatic rings. The molecule has 6 nitrogen and oxygen atoms in total. The lowest BCUT2D eigenvalue weighted by atomic mass is 10.0. The van der Waals surface area contributed by atoms with Crippen molar-refractivity contribution in [2.75, 3.05) is 6.61 Å². The third-order valence-corrected chi connectivity index (χ3v) is 6.58. The molecule has 2 N–H and O–H groups in total. The van der Waals surface area contributed by atoms with Gasteiger partial charge in [-0.25, -0.2) is 0 Å². The highest BCUT2D eigenvalue weighted by Crippen LogP contribution is 2.38. The Morgan fingerprint density at radius 1 is 1.03 bits per heavy atom. The molecule has 37 heavy (non-hydrogen) atoms. The van der Waals surface area contributed by atoms with Crippen molar-refractivity contribution in [1.82, 2.24) is 4.98 Å². The van der Waals surface area contributed by atoms with E-state index in [1.54, 1.807) is 0 Å². The number of esters is 1. The number of halogens is 4. The number of hydrogen-bond donors (Lipinski definition) is 1. The summed E-state index contributed by atoms with van der Waals surface area (Å²) in [4.78, 5) is 17.0. The molecule has 0 radical (unpaired) electrons. The zero-order valence-electron chi connectivity index (χ0n) is 19.8. The Labute approximate surface area is 223 Å². The SMILES string of the molecule is N[C@H](Cc1ccccc1)C(=O)O[C@@H](Cc1c(Cl)cncc1Cl)c1ccc(OC(F)F)c(OCC2CC2)c1. The molecule has 196 valence electrons. The number of carbonyl (C=O) groups is 1. The number of benzene rings is 2. The van der Waals surface area contributed by atoms with Crippen LogP contribution in [0.1, 0.15) is 35.6 Å². The van der Waals surface area contributed by atoms with E-state index in [0.29, 0.717) is 33.7 Å². The molecule has 1 fully saturated rings. The maximum absolute atomic E-state index is 13.0. The zero-order valence-corrected chi connectivity index (χ0v) is 21.3. The first-order valence-corrected chi connectivity index (χ1v) is 12.5. The fraction of sp³-hybridized carbons (Fsp3) is 0.333. The van der Waals surface area contributed by atoms with E-state index < -0.39 is 24.7 Å². The van der Waals surface area contributed by atoms with Gasteiger partial charge in [-0.15, -0.1) is 0 Å². The Bertz CT molecular complexity index is 1190. The Balaban J connectivity index is 1.61. The van der Waals surface area contributed by atoms with Crippen LogP contribution in [0.3, 0.4) is 0 Å². The molecular formula is C27H26Cl2F2N2O4. The highest BCUT2D eigenvalue weighted by atomic mass is 35.5. The van der Waals surface area contributed by atoms with Crippen molar-refractivity contribution in [3.05, 3.63) is 87.7 Å². The van der Waals surface area contributed by atoms with E-state index in [1.807, 2.05) is 30.3 Å². The molecule has 1 aliphatic rings. The lowest BCUT2D eigenvalue weighted by molar-refractivity contribution is -0.151. The standard InChI is InChI=1S/C27H26Cl2F2N2O4/c28-20-13-33-14-21(29)19(20)12-24(36-26(34)22(32)10-16-4-2-1-3-5-16)18-8-9-23(37-27(30)31)25(11-18)35-15-17-6-7-17/h1-5,8-9,11,13-14,17,22,24,27H,6-7,10,12,15,32H2/t22-,24+/m1/s1. The zero-order chi connectivity index (χ0) is 26.4. The van der Waals surface area contributed by atoms with E-state index >= 15 is 0 Å². The van der Waals surface area contributed by atoms with Gasteiger partial charge in [-0.1, -0.05) is 59.6 Å². The van der Waals surface area contributed by atoms with Gasteiger partial charge in [-0.2, -0.15) is 8.78 Å². The second-order valence-electron chi connectivity index (χ2n) is 8.85. The summed E-state index contributed by atoms with van der Waals surface area (Å²) in [6, 6.07) is 12.8. The number of alkyl halides is 2. The molecule has 0 unspecified atom stereocenters. The van der Waals surface area contributed by atoms with Gasteiger partial charge in [0.25, 0.3) is 0 Å². The minimum Gasteiger partial charge on any atom is -0.489 e. The first-order valence-electron chi connectivity index (χ1n) is 11.8. The Morgan fingerprint density at radius 3 is 2.38 bits per heavy atom. The Morgan fingerprint density at radius 2 is 1.73 bits per heavy atom. The van der Waals surface area contributed by atoms with E-state index in [2.05, 4.69) is 9.72 Å². The van der Waals surface area contributed by atoms with E-state index in [4.69, 9.17) is 38.4 Å². The number of nitrogens with two attached hydrogens (primary N) is 1. The summed E-state index contributed by atoms with van der Waals surface area (Å²) in [7, 11) is 0. The van der Waals surface area contributed by atoms with Gasteiger partial charge >= 0.3 is 12.6 Å². The second kappa shape index (κ2) is 12.5. The van der Waals surface area contributed by atoms with Crippen molar-refractivity contribution in [3.63, 3.8) is 0 Å². The number of aromatic nitrogens is 1. The average Bonchev–Trinajstić information content (AvgIpc) is 3.70. The van der Waals surface area contributed by atoms with Gasteiger partial charge in [0, 0.05) is 18.8 Å². The molecule has 2 aromatic carbocycles. The summed E-state index contributed by atoms with van der Waals surface area (Å²) in [5.74, 6) is -0.234. The van der Waals surface area contributed by atoms with Gasteiger partial charge in [-0.05, 0) is 54.0 Å².